The summed E-state index contributed by atoms with van der Waals surface area (Å²) in [6.45, 7) is 2.57. The zero-order chi connectivity index (χ0) is 20.9. The van der Waals surface area contributed by atoms with Crippen molar-refractivity contribution in [3.63, 3.8) is 0 Å². The van der Waals surface area contributed by atoms with Crippen molar-refractivity contribution in [2.45, 2.75) is 30.4 Å². The first-order valence-electron chi connectivity index (χ1n) is 9.53. The molecule has 0 aliphatic heterocycles. The Balaban J connectivity index is 1.96. The van der Waals surface area contributed by atoms with E-state index < -0.39 is 9.84 Å². The maximum atomic E-state index is 13.2. The number of methoxy groups -OCH3 is 1. The molecule has 0 unspecified atom stereocenters. The van der Waals surface area contributed by atoms with Crippen LogP contribution >= 0.6 is 0 Å². The van der Waals surface area contributed by atoms with E-state index in [4.69, 9.17) is 10.5 Å². The van der Waals surface area contributed by atoms with Gasteiger partial charge in [0.15, 0.2) is 9.84 Å². The highest BCUT2D eigenvalue weighted by molar-refractivity contribution is 7.90. The van der Waals surface area contributed by atoms with Gasteiger partial charge in [0.2, 0.25) is 0 Å². The van der Waals surface area contributed by atoms with Crippen molar-refractivity contribution in [3.8, 4) is 16.9 Å². The lowest BCUT2D eigenvalue weighted by molar-refractivity contribution is 0.403. The van der Waals surface area contributed by atoms with E-state index in [1.807, 2.05) is 43.3 Å². The molecule has 0 atom stereocenters. The molecule has 1 aromatic heterocycles. The average molecular weight is 411 g/mol. The van der Waals surface area contributed by atoms with Gasteiger partial charge in [-0.2, -0.15) is 0 Å². The summed E-state index contributed by atoms with van der Waals surface area (Å²) in [7, 11) is -2.12. The number of pyridine rings is 1. The van der Waals surface area contributed by atoms with E-state index in [9.17, 15) is 8.42 Å². The Morgan fingerprint density at radius 3 is 2.52 bits per heavy atom. The van der Waals surface area contributed by atoms with Gasteiger partial charge in [-0.1, -0.05) is 30.3 Å². The van der Waals surface area contributed by atoms with Crippen LogP contribution in [0.1, 0.15) is 23.1 Å². The van der Waals surface area contributed by atoms with Crippen molar-refractivity contribution in [1.29, 1.82) is 0 Å². The average Bonchev–Trinajstić information content (AvgIpc) is 2.71. The molecule has 0 saturated carbocycles. The van der Waals surface area contributed by atoms with Crippen molar-refractivity contribution in [2.24, 2.45) is 5.73 Å². The first kappa shape index (κ1) is 21.0. The first-order chi connectivity index (χ1) is 13.9. The standard InChI is InChI=1S/C23H26N2O3S/c1-17-11-21(15-25-14-17)20-8-9-22(28-2)23(13-20)29(26,27)16-19-6-3-5-18(12-19)7-4-10-24/h3,5-6,8-9,11-15H,4,7,10,16,24H2,1-2H3. The van der Waals surface area contributed by atoms with Gasteiger partial charge in [0.05, 0.1) is 12.9 Å². The zero-order valence-corrected chi connectivity index (χ0v) is 17.6. The van der Waals surface area contributed by atoms with Crippen LogP contribution in [0.25, 0.3) is 11.1 Å². The second kappa shape index (κ2) is 9.20. The van der Waals surface area contributed by atoms with Crippen LogP contribution in [0, 0.1) is 6.92 Å². The van der Waals surface area contributed by atoms with Crippen LogP contribution in [-0.2, 0) is 22.0 Å². The van der Waals surface area contributed by atoms with Crippen LogP contribution in [0.15, 0.2) is 65.8 Å². The normalized spacial score (nSPS) is 11.4. The molecular formula is C23H26N2O3S. The molecule has 0 spiro atoms. The van der Waals surface area contributed by atoms with Gasteiger partial charge in [0.1, 0.15) is 10.6 Å². The molecule has 1 heterocycles. The summed E-state index contributed by atoms with van der Waals surface area (Å²) in [5, 5.41) is 0. The van der Waals surface area contributed by atoms with Crippen LogP contribution in [0.3, 0.4) is 0 Å². The lowest BCUT2D eigenvalue weighted by Gasteiger charge is -2.13. The van der Waals surface area contributed by atoms with Crippen LogP contribution in [0.2, 0.25) is 0 Å². The Kier molecular flexibility index (Phi) is 6.67. The molecule has 2 aromatic carbocycles. The van der Waals surface area contributed by atoms with Crippen molar-refractivity contribution >= 4 is 9.84 Å². The molecule has 2 N–H and O–H groups in total. The molecule has 5 nitrogen and oxygen atoms in total. The molecule has 29 heavy (non-hydrogen) atoms. The summed E-state index contributed by atoms with van der Waals surface area (Å²) >= 11 is 0. The summed E-state index contributed by atoms with van der Waals surface area (Å²) in [5.41, 5.74) is 10.1. The van der Waals surface area contributed by atoms with Crippen LogP contribution in [-0.4, -0.2) is 27.1 Å². The Morgan fingerprint density at radius 2 is 1.79 bits per heavy atom. The van der Waals surface area contributed by atoms with Crippen molar-refractivity contribution in [2.75, 3.05) is 13.7 Å². The maximum Gasteiger partial charge on any atom is 0.186 e. The SMILES string of the molecule is COc1ccc(-c2cncc(C)c2)cc1S(=O)(=O)Cc1cccc(CCCN)c1. The summed E-state index contributed by atoms with van der Waals surface area (Å²) in [4.78, 5) is 4.39. The molecule has 3 rings (SSSR count). The molecule has 3 aromatic rings. The number of sulfone groups is 1. The lowest BCUT2D eigenvalue weighted by Crippen LogP contribution is -2.08. The third kappa shape index (κ3) is 5.22. The largest absolute Gasteiger partial charge is 0.495 e. The first-order valence-corrected chi connectivity index (χ1v) is 11.2. The number of rotatable bonds is 8. The summed E-state index contributed by atoms with van der Waals surface area (Å²) in [6, 6.07) is 14.9. The van der Waals surface area contributed by atoms with E-state index in [2.05, 4.69) is 4.98 Å². The molecule has 0 saturated heterocycles. The smallest absolute Gasteiger partial charge is 0.186 e. The number of benzene rings is 2. The van der Waals surface area contributed by atoms with Crippen molar-refractivity contribution < 1.29 is 13.2 Å². The third-order valence-corrected chi connectivity index (χ3v) is 6.43. The van der Waals surface area contributed by atoms with E-state index in [0.29, 0.717) is 12.3 Å². The topological polar surface area (TPSA) is 82.3 Å². The Labute approximate surface area is 172 Å². The summed E-state index contributed by atoms with van der Waals surface area (Å²) in [6.07, 6.45) is 5.20. The van der Waals surface area contributed by atoms with E-state index >= 15 is 0 Å². The number of ether oxygens (including phenoxy) is 1. The van der Waals surface area contributed by atoms with E-state index in [1.54, 1.807) is 24.5 Å². The number of hydrogen-bond acceptors (Lipinski definition) is 5. The van der Waals surface area contributed by atoms with Crippen molar-refractivity contribution in [3.05, 3.63) is 77.6 Å². The highest BCUT2D eigenvalue weighted by Crippen LogP contribution is 2.32. The summed E-state index contributed by atoms with van der Waals surface area (Å²) in [5.74, 6) is 0.253. The van der Waals surface area contributed by atoms with Crippen LogP contribution in [0.5, 0.6) is 5.75 Å². The minimum Gasteiger partial charge on any atom is -0.495 e. The molecule has 0 aliphatic rings. The minimum absolute atomic E-state index is 0.0880. The molecule has 0 radical (unpaired) electrons. The van der Waals surface area contributed by atoms with Crippen molar-refractivity contribution in [1.82, 2.24) is 4.98 Å². The number of aryl methyl sites for hydroxylation is 2. The van der Waals surface area contributed by atoms with Gasteiger partial charge < -0.3 is 10.5 Å². The number of hydrogen-bond donors (Lipinski definition) is 1. The highest BCUT2D eigenvalue weighted by atomic mass is 32.2. The fourth-order valence-corrected chi connectivity index (χ4v) is 4.83. The predicted molar refractivity (Wildman–Crippen MR) is 116 cm³/mol. The Hall–Kier alpha value is -2.70. The van der Waals surface area contributed by atoms with Gasteiger partial charge in [-0.3, -0.25) is 4.98 Å². The quantitative estimate of drug-likeness (QED) is 0.608. The Morgan fingerprint density at radius 1 is 1.00 bits per heavy atom. The van der Waals surface area contributed by atoms with Gasteiger partial charge in [-0.25, -0.2) is 8.42 Å². The van der Waals surface area contributed by atoms with E-state index in [-0.39, 0.29) is 10.6 Å². The molecule has 0 aliphatic carbocycles. The van der Waals surface area contributed by atoms with Gasteiger partial charge in [0.25, 0.3) is 0 Å². The monoisotopic (exact) mass is 410 g/mol. The number of aromatic nitrogens is 1. The highest BCUT2D eigenvalue weighted by Gasteiger charge is 2.21. The third-order valence-electron chi connectivity index (χ3n) is 4.72. The number of nitrogens with zero attached hydrogens (tertiary/aromatic N) is 1. The van der Waals surface area contributed by atoms with Gasteiger partial charge >= 0.3 is 0 Å². The van der Waals surface area contributed by atoms with Gasteiger partial charge in [-0.15, -0.1) is 0 Å². The molecule has 0 amide bonds. The Bertz CT molecular complexity index is 1090. The van der Waals surface area contributed by atoms with E-state index in [1.165, 1.54) is 7.11 Å². The lowest BCUT2D eigenvalue weighted by atomic mass is 10.1. The number of nitrogens with two attached hydrogens (primary N) is 1. The van der Waals surface area contributed by atoms with Crippen LogP contribution in [0.4, 0.5) is 0 Å². The molecule has 152 valence electrons. The van der Waals surface area contributed by atoms with Gasteiger partial charge in [-0.05, 0) is 66.8 Å². The predicted octanol–water partition coefficient (Wildman–Crippen LogP) is 3.93. The maximum absolute atomic E-state index is 13.2. The van der Waals surface area contributed by atoms with Crippen LogP contribution < -0.4 is 10.5 Å². The van der Waals surface area contributed by atoms with E-state index in [0.717, 1.165) is 40.7 Å². The molecular weight excluding hydrogens is 384 g/mol. The molecule has 6 heteroatoms. The zero-order valence-electron chi connectivity index (χ0n) is 16.8. The fourth-order valence-electron chi connectivity index (χ4n) is 3.29. The fraction of sp³-hybridized carbons (Fsp3) is 0.261. The molecule has 0 bridgehead atoms. The van der Waals surface area contributed by atoms with Gasteiger partial charge in [0, 0.05) is 18.0 Å². The minimum atomic E-state index is -3.60. The second-order valence-corrected chi connectivity index (χ2v) is 9.05. The second-order valence-electron chi connectivity index (χ2n) is 7.09. The molecule has 0 fully saturated rings. The summed E-state index contributed by atoms with van der Waals surface area (Å²) < 4.78 is 31.8.